The first-order valence-electron chi connectivity index (χ1n) is 9.41. The van der Waals surface area contributed by atoms with Gasteiger partial charge >= 0.3 is 12.1 Å². The predicted octanol–water partition coefficient (Wildman–Crippen LogP) is 3.80. The fraction of sp³-hybridized carbons (Fsp3) is 0.600. The number of benzene rings is 1. The van der Waals surface area contributed by atoms with Gasteiger partial charge in [-0.1, -0.05) is 0 Å². The number of hydrogen-bond donors (Lipinski definition) is 1. The SMILES string of the molecule is CCOC(=O)c1cc(F)c(N2CCC(CNC(=O)OC(C)(C)C)C2)c(C)c1F. The van der Waals surface area contributed by atoms with E-state index in [2.05, 4.69) is 5.32 Å². The van der Waals surface area contributed by atoms with Crippen LogP contribution in [0.1, 0.15) is 50.0 Å². The van der Waals surface area contributed by atoms with E-state index in [1.54, 1.807) is 32.6 Å². The van der Waals surface area contributed by atoms with Gasteiger partial charge < -0.3 is 19.7 Å². The zero-order valence-electron chi connectivity index (χ0n) is 17.0. The second-order valence-electron chi connectivity index (χ2n) is 7.90. The standard InChI is InChI=1S/C20H28F2N2O4/c1-6-27-18(25)14-9-15(21)17(12(2)16(14)22)24-8-7-13(11-24)10-23-19(26)28-20(3,4)5/h9,13H,6-8,10-11H2,1-5H3,(H,23,26). The van der Waals surface area contributed by atoms with Crippen molar-refractivity contribution >= 4 is 17.7 Å². The number of ether oxygens (including phenoxy) is 2. The van der Waals surface area contributed by atoms with E-state index in [-0.39, 0.29) is 23.8 Å². The van der Waals surface area contributed by atoms with Crippen LogP contribution in [-0.2, 0) is 9.47 Å². The summed E-state index contributed by atoms with van der Waals surface area (Å²) in [6.45, 7) is 9.85. The minimum absolute atomic E-state index is 0.0730. The highest BCUT2D eigenvalue weighted by atomic mass is 19.1. The third-order valence-corrected chi connectivity index (χ3v) is 4.45. The van der Waals surface area contributed by atoms with Gasteiger partial charge in [-0.25, -0.2) is 18.4 Å². The number of amides is 1. The van der Waals surface area contributed by atoms with Crippen LogP contribution in [0.25, 0.3) is 0 Å². The van der Waals surface area contributed by atoms with Gasteiger partial charge in [0, 0.05) is 25.2 Å². The average molecular weight is 398 g/mol. The lowest BCUT2D eigenvalue weighted by Gasteiger charge is -2.23. The van der Waals surface area contributed by atoms with Crippen molar-refractivity contribution in [2.45, 2.75) is 46.6 Å². The molecule has 2 rings (SSSR count). The summed E-state index contributed by atoms with van der Waals surface area (Å²) >= 11 is 0. The number of alkyl carbamates (subject to hydrolysis) is 1. The Hall–Kier alpha value is -2.38. The Morgan fingerprint density at radius 2 is 2.00 bits per heavy atom. The number of hydrogen-bond acceptors (Lipinski definition) is 5. The first kappa shape index (κ1) is 21.9. The van der Waals surface area contributed by atoms with Crippen molar-refractivity contribution in [3.8, 4) is 0 Å². The molecule has 1 aliphatic heterocycles. The lowest BCUT2D eigenvalue weighted by molar-refractivity contribution is 0.0510. The van der Waals surface area contributed by atoms with E-state index < -0.39 is 34.9 Å². The zero-order chi connectivity index (χ0) is 21.1. The highest BCUT2D eigenvalue weighted by molar-refractivity contribution is 5.91. The van der Waals surface area contributed by atoms with E-state index in [1.165, 1.54) is 6.92 Å². The first-order chi connectivity index (χ1) is 13.0. The Kier molecular flexibility index (Phi) is 6.85. The van der Waals surface area contributed by atoms with Gasteiger partial charge in [0.2, 0.25) is 0 Å². The highest BCUT2D eigenvalue weighted by Gasteiger charge is 2.29. The maximum Gasteiger partial charge on any atom is 0.407 e. The number of nitrogens with one attached hydrogen (secondary N) is 1. The van der Waals surface area contributed by atoms with Gasteiger partial charge in [0.15, 0.2) is 0 Å². The molecule has 8 heteroatoms. The maximum atomic E-state index is 14.7. The van der Waals surface area contributed by atoms with Gasteiger partial charge in [0.05, 0.1) is 17.9 Å². The Morgan fingerprint density at radius 1 is 1.32 bits per heavy atom. The molecule has 1 atom stereocenters. The maximum absolute atomic E-state index is 14.7. The Bertz CT molecular complexity index is 747. The Labute approximate surface area is 164 Å². The molecule has 1 aromatic carbocycles. The van der Waals surface area contributed by atoms with Crippen LogP contribution in [0.5, 0.6) is 0 Å². The van der Waals surface area contributed by atoms with Gasteiger partial charge in [0.1, 0.15) is 17.2 Å². The van der Waals surface area contributed by atoms with Crippen LogP contribution in [0.2, 0.25) is 0 Å². The van der Waals surface area contributed by atoms with E-state index >= 15 is 0 Å². The van der Waals surface area contributed by atoms with E-state index in [4.69, 9.17) is 9.47 Å². The monoisotopic (exact) mass is 398 g/mol. The third kappa shape index (κ3) is 5.33. The van der Waals surface area contributed by atoms with Gasteiger partial charge in [-0.2, -0.15) is 0 Å². The summed E-state index contributed by atoms with van der Waals surface area (Å²) in [5, 5.41) is 2.72. The van der Waals surface area contributed by atoms with Crippen molar-refractivity contribution in [1.82, 2.24) is 5.32 Å². The van der Waals surface area contributed by atoms with Crippen LogP contribution < -0.4 is 10.2 Å². The number of halogens is 2. The number of esters is 1. The van der Waals surface area contributed by atoms with Crippen molar-refractivity contribution in [2.24, 2.45) is 5.92 Å². The molecular weight excluding hydrogens is 370 g/mol. The minimum atomic E-state index is -0.880. The predicted molar refractivity (Wildman–Crippen MR) is 102 cm³/mol. The van der Waals surface area contributed by atoms with Crippen molar-refractivity contribution in [3.05, 3.63) is 28.8 Å². The van der Waals surface area contributed by atoms with Crippen LogP contribution in [-0.4, -0.2) is 43.9 Å². The topological polar surface area (TPSA) is 67.9 Å². The van der Waals surface area contributed by atoms with Gasteiger partial charge in [-0.05, 0) is 53.0 Å². The van der Waals surface area contributed by atoms with Gasteiger partial charge in [-0.3, -0.25) is 0 Å². The number of nitrogens with zero attached hydrogens (tertiary/aromatic N) is 1. The molecule has 1 aliphatic rings. The molecule has 1 N–H and O–H groups in total. The fourth-order valence-corrected chi connectivity index (χ4v) is 3.23. The lowest BCUT2D eigenvalue weighted by Crippen LogP contribution is -2.36. The molecule has 1 amide bonds. The molecule has 0 spiro atoms. The summed E-state index contributed by atoms with van der Waals surface area (Å²) < 4.78 is 39.3. The van der Waals surface area contributed by atoms with Crippen LogP contribution in [0.3, 0.4) is 0 Å². The number of carbonyl (C=O) groups excluding carboxylic acids is 2. The van der Waals surface area contributed by atoms with E-state index in [9.17, 15) is 18.4 Å². The first-order valence-corrected chi connectivity index (χ1v) is 9.41. The second-order valence-corrected chi connectivity index (χ2v) is 7.90. The van der Waals surface area contributed by atoms with Crippen molar-refractivity contribution in [1.29, 1.82) is 0 Å². The van der Waals surface area contributed by atoms with E-state index in [0.717, 1.165) is 12.5 Å². The van der Waals surface area contributed by atoms with Gasteiger partial charge in [-0.15, -0.1) is 0 Å². The molecule has 1 unspecified atom stereocenters. The quantitative estimate of drug-likeness (QED) is 0.764. The second kappa shape index (κ2) is 8.75. The highest BCUT2D eigenvalue weighted by Crippen LogP contribution is 2.32. The van der Waals surface area contributed by atoms with E-state index in [1.807, 2.05) is 0 Å². The van der Waals surface area contributed by atoms with Gasteiger partial charge in [0.25, 0.3) is 0 Å². The molecular formula is C20H28F2N2O4. The molecule has 1 aromatic rings. The van der Waals surface area contributed by atoms with Crippen LogP contribution in [0.15, 0.2) is 6.07 Å². The van der Waals surface area contributed by atoms with E-state index in [0.29, 0.717) is 19.6 Å². The smallest absolute Gasteiger partial charge is 0.407 e. The summed E-state index contributed by atoms with van der Waals surface area (Å²) in [6.07, 6.45) is 0.216. The summed E-state index contributed by atoms with van der Waals surface area (Å²) in [5.74, 6) is -2.23. The molecule has 0 radical (unpaired) electrons. The Balaban J connectivity index is 2.06. The molecule has 156 valence electrons. The fourth-order valence-electron chi connectivity index (χ4n) is 3.23. The molecule has 0 aromatic heterocycles. The lowest BCUT2D eigenvalue weighted by atomic mass is 10.1. The number of anilines is 1. The molecule has 0 bridgehead atoms. The third-order valence-electron chi connectivity index (χ3n) is 4.45. The molecule has 28 heavy (non-hydrogen) atoms. The van der Waals surface area contributed by atoms with Crippen LogP contribution in [0, 0.1) is 24.5 Å². The molecule has 6 nitrogen and oxygen atoms in total. The van der Waals surface area contributed by atoms with Crippen molar-refractivity contribution < 1.29 is 27.8 Å². The minimum Gasteiger partial charge on any atom is -0.462 e. The summed E-state index contributed by atoms with van der Waals surface area (Å²) in [5.41, 5.74) is -0.762. The van der Waals surface area contributed by atoms with Crippen LogP contribution in [0.4, 0.5) is 19.3 Å². The molecule has 1 heterocycles. The molecule has 1 saturated heterocycles. The summed E-state index contributed by atoms with van der Waals surface area (Å²) in [6, 6.07) is 0.891. The van der Waals surface area contributed by atoms with Crippen molar-refractivity contribution in [2.75, 3.05) is 31.1 Å². The molecule has 0 aliphatic carbocycles. The number of rotatable bonds is 5. The largest absolute Gasteiger partial charge is 0.462 e. The average Bonchev–Trinajstić information content (AvgIpc) is 3.03. The summed E-state index contributed by atoms with van der Waals surface area (Å²) in [7, 11) is 0. The normalized spacial score (nSPS) is 16.8. The molecule has 0 saturated carbocycles. The zero-order valence-corrected chi connectivity index (χ0v) is 17.0. The van der Waals surface area contributed by atoms with Crippen molar-refractivity contribution in [3.63, 3.8) is 0 Å². The molecule has 1 fully saturated rings. The van der Waals surface area contributed by atoms with Crippen LogP contribution >= 0.6 is 0 Å². The Morgan fingerprint density at radius 3 is 2.61 bits per heavy atom. The summed E-state index contributed by atoms with van der Waals surface area (Å²) in [4.78, 5) is 25.3. The number of carbonyl (C=O) groups is 2.